The fourth-order valence-corrected chi connectivity index (χ4v) is 2.31. The molecule has 1 aromatic carbocycles. The minimum Gasteiger partial charge on any atom is -0.493 e. The van der Waals surface area contributed by atoms with Crippen LogP contribution in [0.15, 0.2) is 24.4 Å². The van der Waals surface area contributed by atoms with E-state index in [-0.39, 0.29) is 5.91 Å². The van der Waals surface area contributed by atoms with Gasteiger partial charge in [0.25, 0.3) is 5.91 Å². The molecular weight excluding hydrogens is 282 g/mol. The summed E-state index contributed by atoms with van der Waals surface area (Å²) in [5, 5.41) is 7.16. The van der Waals surface area contributed by atoms with Crippen molar-refractivity contribution in [2.45, 2.75) is 26.9 Å². The van der Waals surface area contributed by atoms with E-state index < -0.39 is 0 Å². The second-order valence-electron chi connectivity index (χ2n) is 4.79. The first-order valence-corrected chi connectivity index (χ1v) is 7.12. The third-order valence-corrected chi connectivity index (χ3v) is 3.59. The van der Waals surface area contributed by atoms with Gasteiger partial charge in [-0.2, -0.15) is 5.10 Å². The van der Waals surface area contributed by atoms with Crippen LogP contribution < -0.4 is 14.8 Å². The first-order chi connectivity index (χ1) is 10.6. The van der Waals surface area contributed by atoms with Crippen LogP contribution in [0, 0.1) is 6.92 Å². The molecule has 0 unspecified atom stereocenters. The minimum atomic E-state index is -0.209. The van der Waals surface area contributed by atoms with Crippen LogP contribution in [0.5, 0.6) is 11.5 Å². The number of nitrogens with one attached hydrogen (secondary N) is 1. The molecule has 1 N–H and O–H groups in total. The average molecular weight is 303 g/mol. The van der Waals surface area contributed by atoms with E-state index in [1.165, 1.54) is 7.11 Å². The van der Waals surface area contributed by atoms with Crippen LogP contribution >= 0.6 is 0 Å². The Morgan fingerprint density at radius 3 is 2.68 bits per heavy atom. The first kappa shape index (κ1) is 15.9. The van der Waals surface area contributed by atoms with Crippen LogP contribution in [-0.4, -0.2) is 29.9 Å². The Labute approximate surface area is 130 Å². The van der Waals surface area contributed by atoms with Gasteiger partial charge in [0.2, 0.25) is 0 Å². The molecule has 0 saturated carbocycles. The number of methoxy groups -OCH3 is 2. The molecule has 22 heavy (non-hydrogen) atoms. The van der Waals surface area contributed by atoms with Gasteiger partial charge in [-0.15, -0.1) is 0 Å². The number of aromatic nitrogens is 2. The molecule has 1 amide bonds. The average Bonchev–Trinajstić information content (AvgIpc) is 2.91. The quantitative estimate of drug-likeness (QED) is 0.888. The molecule has 0 fully saturated rings. The second kappa shape index (κ2) is 6.98. The first-order valence-electron chi connectivity index (χ1n) is 7.12. The van der Waals surface area contributed by atoms with E-state index in [1.54, 1.807) is 31.5 Å². The Morgan fingerprint density at radius 2 is 2.09 bits per heavy atom. The molecular formula is C16H21N3O3. The maximum absolute atomic E-state index is 12.4. The van der Waals surface area contributed by atoms with Crippen LogP contribution in [0.3, 0.4) is 0 Å². The summed E-state index contributed by atoms with van der Waals surface area (Å²) in [6, 6.07) is 5.22. The zero-order valence-corrected chi connectivity index (χ0v) is 13.3. The van der Waals surface area contributed by atoms with E-state index in [0.717, 1.165) is 17.8 Å². The van der Waals surface area contributed by atoms with E-state index in [4.69, 9.17) is 9.47 Å². The zero-order chi connectivity index (χ0) is 16.1. The minimum absolute atomic E-state index is 0.209. The van der Waals surface area contributed by atoms with E-state index in [1.807, 2.05) is 18.5 Å². The zero-order valence-electron chi connectivity index (χ0n) is 13.3. The molecule has 1 aromatic heterocycles. The molecule has 118 valence electrons. The predicted octanol–water partition coefficient (Wildman–Crippen LogP) is 2.16. The van der Waals surface area contributed by atoms with Crippen molar-refractivity contribution in [2.24, 2.45) is 0 Å². The molecule has 6 nitrogen and oxygen atoms in total. The van der Waals surface area contributed by atoms with Crippen molar-refractivity contribution in [1.29, 1.82) is 0 Å². The molecule has 1 heterocycles. The lowest BCUT2D eigenvalue weighted by Gasteiger charge is -2.12. The van der Waals surface area contributed by atoms with Crippen LogP contribution in [0.4, 0.5) is 0 Å². The second-order valence-corrected chi connectivity index (χ2v) is 4.79. The summed E-state index contributed by atoms with van der Waals surface area (Å²) in [5.74, 6) is 0.757. The largest absolute Gasteiger partial charge is 0.493 e. The van der Waals surface area contributed by atoms with Crippen molar-refractivity contribution < 1.29 is 14.3 Å². The molecule has 0 atom stereocenters. The highest BCUT2D eigenvalue weighted by atomic mass is 16.5. The third-order valence-electron chi connectivity index (χ3n) is 3.59. The van der Waals surface area contributed by atoms with Gasteiger partial charge in [0.05, 0.1) is 26.0 Å². The van der Waals surface area contributed by atoms with Crippen LogP contribution in [-0.2, 0) is 13.1 Å². The summed E-state index contributed by atoms with van der Waals surface area (Å²) in [6.45, 7) is 5.25. The highest BCUT2D eigenvalue weighted by molar-refractivity contribution is 5.97. The van der Waals surface area contributed by atoms with Crippen molar-refractivity contribution in [3.63, 3.8) is 0 Å². The lowest BCUT2D eigenvalue weighted by Crippen LogP contribution is -2.23. The number of carbonyl (C=O) groups is 1. The highest BCUT2D eigenvalue weighted by Crippen LogP contribution is 2.30. The number of hydrogen-bond donors (Lipinski definition) is 1. The maximum Gasteiger partial charge on any atom is 0.255 e. The number of carbonyl (C=O) groups excluding carboxylic acids is 1. The molecule has 6 heteroatoms. The van der Waals surface area contributed by atoms with Crippen molar-refractivity contribution in [2.75, 3.05) is 14.2 Å². The number of nitrogens with zero attached hydrogens (tertiary/aromatic N) is 2. The van der Waals surface area contributed by atoms with Crippen molar-refractivity contribution in [1.82, 2.24) is 15.1 Å². The molecule has 0 radical (unpaired) electrons. The van der Waals surface area contributed by atoms with Gasteiger partial charge in [0.1, 0.15) is 0 Å². The molecule has 0 aliphatic rings. The van der Waals surface area contributed by atoms with Gasteiger partial charge in [-0.25, -0.2) is 0 Å². The normalized spacial score (nSPS) is 10.4. The molecule has 0 saturated heterocycles. The number of amides is 1. The summed E-state index contributed by atoms with van der Waals surface area (Å²) >= 11 is 0. The molecule has 0 aliphatic carbocycles. The van der Waals surface area contributed by atoms with Gasteiger partial charge in [-0.3, -0.25) is 9.48 Å². The van der Waals surface area contributed by atoms with Crippen molar-refractivity contribution in [3.8, 4) is 11.5 Å². The standard InChI is InChI=1S/C16H21N3O3/c1-5-19-11(2)12(10-18-19)9-17-16(20)13-7-6-8-14(21-3)15(13)22-4/h6-8,10H,5,9H2,1-4H3,(H,17,20). The van der Waals surface area contributed by atoms with Gasteiger partial charge in [0, 0.05) is 24.3 Å². The number of para-hydroxylation sites is 1. The summed E-state index contributed by atoms with van der Waals surface area (Å²) in [4.78, 5) is 12.4. The lowest BCUT2D eigenvalue weighted by atomic mass is 10.1. The lowest BCUT2D eigenvalue weighted by molar-refractivity contribution is 0.0947. The Kier molecular flexibility index (Phi) is 5.04. The molecule has 2 rings (SSSR count). The fraction of sp³-hybridized carbons (Fsp3) is 0.375. The SMILES string of the molecule is CCn1ncc(CNC(=O)c2cccc(OC)c2OC)c1C. The highest BCUT2D eigenvalue weighted by Gasteiger charge is 2.16. The number of rotatable bonds is 6. The summed E-state index contributed by atoms with van der Waals surface area (Å²) < 4.78 is 12.4. The van der Waals surface area contributed by atoms with Gasteiger partial charge in [0.15, 0.2) is 11.5 Å². The smallest absolute Gasteiger partial charge is 0.255 e. The van der Waals surface area contributed by atoms with Crippen LogP contribution in [0.25, 0.3) is 0 Å². The predicted molar refractivity (Wildman–Crippen MR) is 83.4 cm³/mol. The fourth-order valence-electron chi connectivity index (χ4n) is 2.31. The topological polar surface area (TPSA) is 65.4 Å². The Bertz CT molecular complexity index is 665. The van der Waals surface area contributed by atoms with Gasteiger partial charge in [-0.05, 0) is 26.0 Å². The number of ether oxygens (including phenoxy) is 2. The van der Waals surface area contributed by atoms with E-state index in [2.05, 4.69) is 10.4 Å². The summed E-state index contributed by atoms with van der Waals surface area (Å²) in [5.41, 5.74) is 2.50. The van der Waals surface area contributed by atoms with Gasteiger partial charge in [-0.1, -0.05) is 6.07 Å². The monoisotopic (exact) mass is 303 g/mol. The van der Waals surface area contributed by atoms with Crippen LogP contribution in [0.1, 0.15) is 28.5 Å². The van der Waals surface area contributed by atoms with Gasteiger partial charge >= 0.3 is 0 Å². The van der Waals surface area contributed by atoms with Crippen LogP contribution in [0.2, 0.25) is 0 Å². The van der Waals surface area contributed by atoms with E-state index >= 15 is 0 Å². The molecule has 0 spiro atoms. The number of benzene rings is 1. The third kappa shape index (κ3) is 3.05. The molecule has 0 bridgehead atoms. The Balaban J connectivity index is 2.14. The number of hydrogen-bond acceptors (Lipinski definition) is 4. The maximum atomic E-state index is 12.4. The van der Waals surface area contributed by atoms with Crippen molar-refractivity contribution in [3.05, 3.63) is 41.2 Å². The van der Waals surface area contributed by atoms with E-state index in [0.29, 0.717) is 23.6 Å². The molecule has 0 aliphatic heterocycles. The summed E-state index contributed by atoms with van der Waals surface area (Å²) in [7, 11) is 3.06. The summed E-state index contributed by atoms with van der Waals surface area (Å²) in [6.07, 6.45) is 1.78. The Morgan fingerprint density at radius 1 is 1.32 bits per heavy atom. The Hall–Kier alpha value is -2.50. The van der Waals surface area contributed by atoms with E-state index in [9.17, 15) is 4.79 Å². The van der Waals surface area contributed by atoms with Crippen molar-refractivity contribution >= 4 is 5.91 Å². The molecule has 2 aromatic rings. The number of aryl methyl sites for hydroxylation is 1. The van der Waals surface area contributed by atoms with Gasteiger partial charge < -0.3 is 14.8 Å².